The average molecular weight is 329 g/mol. The molecule has 3 rings (SSSR count). The van der Waals surface area contributed by atoms with Gasteiger partial charge in [-0.3, -0.25) is 15.0 Å². The van der Waals surface area contributed by atoms with E-state index in [4.69, 9.17) is 5.21 Å². The lowest BCUT2D eigenvalue weighted by Gasteiger charge is -2.32. The molecule has 1 atom stereocenters. The van der Waals surface area contributed by atoms with E-state index in [2.05, 4.69) is 33.6 Å². The lowest BCUT2D eigenvalue weighted by molar-refractivity contribution is -0.133. The Labute approximate surface area is 139 Å². The zero-order valence-electron chi connectivity index (χ0n) is 12.7. The van der Waals surface area contributed by atoms with Gasteiger partial charge in [-0.1, -0.05) is 36.2 Å². The summed E-state index contributed by atoms with van der Waals surface area (Å²) in [4.78, 5) is 15.8. The van der Waals surface area contributed by atoms with Crippen molar-refractivity contribution in [3.05, 3.63) is 54.4 Å². The van der Waals surface area contributed by atoms with Crippen molar-refractivity contribution >= 4 is 17.9 Å². The molecule has 1 aliphatic heterocycles. The summed E-state index contributed by atoms with van der Waals surface area (Å²) in [5.74, 6) is 0.676. The van der Waals surface area contributed by atoms with Crippen LogP contribution in [-0.2, 0) is 11.3 Å². The summed E-state index contributed by atoms with van der Waals surface area (Å²) in [5, 5.41) is 8.89. The highest BCUT2D eigenvalue weighted by Crippen LogP contribution is 2.28. The second kappa shape index (κ2) is 7.59. The minimum Gasteiger partial charge on any atom is -0.289 e. The molecule has 120 valence electrons. The van der Waals surface area contributed by atoms with E-state index in [-0.39, 0.29) is 11.9 Å². The minimum absolute atomic E-state index is 0.279. The molecule has 2 heterocycles. The van der Waals surface area contributed by atoms with Crippen LogP contribution in [0, 0.1) is 0 Å². The molecule has 6 heteroatoms. The Bertz CT molecular complexity index is 649. The van der Waals surface area contributed by atoms with Crippen LogP contribution in [-0.4, -0.2) is 32.2 Å². The number of nitrogens with zero attached hydrogens (tertiary/aromatic N) is 2. The molecule has 0 spiro atoms. The number of carbonyl (C=O) groups is 1. The molecule has 1 amide bonds. The Kier molecular flexibility index (Phi) is 5.27. The number of benzene rings is 1. The number of amides is 1. The monoisotopic (exact) mass is 329 g/mol. The first-order valence-electron chi connectivity index (χ1n) is 7.61. The molecule has 1 aromatic heterocycles. The fourth-order valence-electron chi connectivity index (χ4n) is 2.71. The number of aromatic nitrogens is 1. The van der Waals surface area contributed by atoms with Crippen molar-refractivity contribution in [2.75, 3.05) is 5.75 Å². The second-order valence-electron chi connectivity index (χ2n) is 5.48. The molecule has 0 saturated carbocycles. The van der Waals surface area contributed by atoms with E-state index in [0.717, 1.165) is 35.3 Å². The van der Waals surface area contributed by atoms with Crippen LogP contribution in [0.3, 0.4) is 0 Å². The molecule has 0 radical (unpaired) electrons. The summed E-state index contributed by atoms with van der Waals surface area (Å²) >= 11 is 1.66. The van der Waals surface area contributed by atoms with Gasteiger partial charge in [0.1, 0.15) is 6.04 Å². The number of nitrogens with one attached hydrogen (secondary N) is 1. The molecule has 2 N–H and O–H groups in total. The molecule has 0 unspecified atom stereocenters. The van der Waals surface area contributed by atoms with E-state index in [1.54, 1.807) is 29.8 Å². The van der Waals surface area contributed by atoms with E-state index in [9.17, 15) is 4.79 Å². The van der Waals surface area contributed by atoms with Crippen LogP contribution in [0.5, 0.6) is 0 Å². The van der Waals surface area contributed by atoms with Gasteiger partial charge in [-0.25, -0.2) is 9.79 Å². The first kappa shape index (κ1) is 16.0. The maximum atomic E-state index is 11.8. The standard InChI is InChI=1S/C17H19N3O2S/c21-17(19-22)16-2-1-11-23-20(16)12-13-3-5-14(6-4-13)15-7-9-18-10-8-15/h3-10,16,22H,1-2,11-12H2,(H,19,21)/t16-/m1/s1. The van der Waals surface area contributed by atoms with Crippen molar-refractivity contribution in [2.45, 2.75) is 25.4 Å². The molecule has 1 fully saturated rings. The molecule has 1 saturated heterocycles. The number of hydrogen-bond acceptors (Lipinski definition) is 5. The van der Waals surface area contributed by atoms with Crippen LogP contribution in [0.2, 0.25) is 0 Å². The Balaban J connectivity index is 1.71. The second-order valence-corrected chi connectivity index (χ2v) is 6.61. The summed E-state index contributed by atoms with van der Waals surface area (Å²) in [6, 6.07) is 12.0. The number of pyridine rings is 1. The lowest BCUT2D eigenvalue weighted by Crippen LogP contribution is -2.44. The van der Waals surface area contributed by atoms with Crippen LogP contribution >= 0.6 is 11.9 Å². The fourth-order valence-corrected chi connectivity index (χ4v) is 3.86. The van der Waals surface area contributed by atoms with Crippen molar-refractivity contribution in [2.24, 2.45) is 0 Å². The molecule has 5 nitrogen and oxygen atoms in total. The summed E-state index contributed by atoms with van der Waals surface area (Å²) in [6.07, 6.45) is 5.33. The molecule has 1 aromatic carbocycles. The van der Waals surface area contributed by atoms with Crippen LogP contribution in [0.4, 0.5) is 0 Å². The van der Waals surface area contributed by atoms with E-state index < -0.39 is 0 Å². The third kappa shape index (κ3) is 3.90. The largest absolute Gasteiger partial charge is 0.289 e. The third-order valence-electron chi connectivity index (χ3n) is 3.95. The average Bonchev–Trinajstić information content (AvgIpc) is 2.63. The maximum absolute atomic E-state index is 11.8. The van der Waals surface area contributed by atoms with E-state index in [1.165, 1.54) is 0 Å². The van der Waals surface area contributed by atoms with Crippen molar-refractivity contribution < 1.29 is 10.0 Å². The van der Waals surface area contributed by atoms with E-state index in [0.29, 0.717) is 6.54 Å². The number of hydrogen-bond donors (Lipinski definition) is 2. The van der Waals surface area contributed by atoms with Gasteiger partial charge in [0.25, 0.3) is 5.91 Å². The van der Waals surface area contributed by atoms with Gasteiger partial charge in [0.05, 0.1) is 0 Å². The third-order valence-corrected chi connectivity index (χ3v) is 5.13. The molecule has 0 bridgehead atoms. The van der Waals surface area contributed by atoms with Gasteiger partial charge in [0.2, 0.25) is 0 Å². The predicted octanol–water partition coefficient (Wildman–Crippen LogP) is 2.87. The summed E-state index contributed by atoms with van der Waals surface area (Å²) < 4.78 is 2.05. The SMILES string of the molecule is O=C(NO)[C@H]1CCCSN1Cc1ccc(-c2ccncc2)cc1. The highest BCUT2D eigenvalue weighted by atomic mass is 32.2. The topological polar surface area (TPSA) is 65.5 Å². The quantitative estimate of drug-likeness (QED) is 0.513. The molecular weight excluding hydrogens is 310 g/mol. The molecule has 0 aliphatic carbocycles. The van der Waals surface area contributed by atoms with Crippen LogP contribution < -0.4 is 5.48 Å². The first-order chi connectivity index (χ1) is 11.3. The predicted molar refractivity (Wildman–Crippen MR) is 90.6 cm³/mol. The smallest absolute Gasteiger partial charge is 0.261 e. The minimum atomic E-state index is -0.328. The summed E-state index contributed by atoms with van der Waals surface area (Å²) in [6.45, 7) is 0.680. The molecular formula is C17H19N3O2S. The van der Waals surface area contributed by atoms with Crippen molar-refractivity contribution in [1.29, 1.82) is 0 Å². The van der Waals surface area contributed by atoms with Crippen LogP contribution in [0.15, 0.2) is 48.8 Å². The molecule has 1 aliphatic rings. The molecule has 2 aromatic rings. The highest BCUT2D eigenvalue weighted by molar-refractivity contribution is 7.97. The summed E-state index contributed by atoms with van der Waals surface area (Å²) in [5.41, 5.74) is 5.21. The van der Waals surface area contributed by atoms with Crippen molar-refractivity contribution in [3.8, 4) is 11.1 Å². The van der Waals surface area contributed by atoms with Crippen LogP contribution in [0.25, 0.3) is 11.1 Å². The Morgan fingerprint density at radius 1 is 1.22 bits per heavy atom. The van der Waals surface area contributed by atoms with Crippen molar-refractivity contribution in [3.63, 3.8) is 0 Å². The van der Waals surface area contributed by atoms with E-state index >= 15 is 0 Å². The summed E-state index contributed by atoms with van der Waals surface area (Å²) in [7, 11) is 0. The van der Waals surface area contributed by atoms with Gasteiger partial charge < -0.3 is 0 Å². The van der Waals surface area contributed by atoms with Gasteiger partial charge >= 0.3 is 0 Å². The van der Waals surface area contributed by atoms with E-state index in [1.807, 2.05) is 12.1 Å². The zero-order valence-corrected chi connectivity index (χ0v) is 13.5. The number of hydroxylamine groups is 1. The van der Waals surface area contributed by atoms with Gasteiger partial charge in [0, 0.05) is 24.7 Å². The Morgan fingerprint density at radius 2 is 1.91 bits per heavy atom. The van der Waals surface area contributed by atoms with Gasteiger partial charge in [0.15, 0.2) is 0 Å². The van der Waals surface area contributed by atoms with Crippen molar-refractivity contribution in [1.82, 2.24) is 14.8 Å². The fraction of sp³-hybridized carbons (Fsp3) is 0.294. The molecule has 23 heavy (non-hydrogen) atoms. The van der Waals surface area contributed by atoms with Gasteiger partial charge in [-0.2, -0.15) is 0 Å². The number of carbonyl (C=O) groups excluding carboxylic acids is 1. The lowest BCUT2D eigenvalue weighted by atomic mass is 10.0. The Morgan fingerprint density at radius 3 is 2.61 bits per heavy atom. The first-order valence-corrected chi connectivity index (χ1v) is 8.55. The normalized spacial score (nSPS) is 18.6. The van der Waals surface area contributed by atoms with Crippen LogP contribution in [0.1, 0.15) is 18.4 Å². The Hall–Kier alpha value is -1.89. The highest BCUT2D eigenvalue weighted by Gasteiger charge is 2.29. The van der Waals surface area contributed by atoms with Gasteiger partial charge in [-0.05, 0) is 41.7 Å². The van der Waals surface area contributed by atoms with Gasteiger partial charge in [-0.15, -0.1) is 0 Å². The number of rotatable bonds is 4. The zero-order chi connectivity index (χ0) is 16.1. The maximum Gasteiger partial charge on any atom is 0.261 e.